The molecular formula is C15H26N4O4. The van der Waals surface area contributed by atoms with Gasteiger partial charge >= 0.3 is 12.1 Å². The Bertz CT molecular complexity index is 531. The van der Waals surface area contributed by atoms with E-state index in [-0.39, 0.29) is 47.5 Å². The van der Waals surface area contributed by atoms with Gasteiger partial charge in [-0.15, -0.1) is 0 Å². The van der Waals surface area contributed by atoms with Crippen molar-refractivity contribution in [2.45, 2.75) is 65.6 Å². The molecule has 8 heteroatoms. The van der Waals surface area contributed by atoms with E-state index in [1.165, 1.54) is 4.90 Å². The first kappa shape index (κ1) is 18.9. The molecule has 2 fully saturated rings. The van der Waals surface area contributed by atoms with E-state index in [0.29, 0.717) is 0 Å². The van der Waals surface area contributed by atoms with E-state index in [4.69, 9.17) is 0 Å². The third-order valence-electron chi connectivity index (χ3n) is 3.54. The SMILES string of the molecule is CC(C)(C)N1CC(=O)NC1=O.C[C@@H]1C(=O)NC(=O)N1C(C)(C)C. The fourth-order valence-electron chi connectivity index (χ4n) is 2.43. The summed E-state index contributed by atoms with van der Waals surface area (Å²) in [5, 5.41) is 4.49. The lowest BCUT2D eigenvalue weighted by molar-refractivity contribution is -0.121. The molecule has 2 heterocycles. The minimum absolute atomic E-state index is 0.183. The topological polar surface area (TPSA) is 98.8 Å². The molecule has 6 amide bonds. The third kappa shape index (κ3) is 4.43. The zero-order valence-corrected chi connectivity index (χ0v) is 14.8. The fourth-order valence-corrected chi connectivity index (χ4v) is 2.43. The summed E-state index contributed by atoms with van der Waals surface area (Å²) in [6.45, 7) is 13.3. The molecule has 0 aromatic rings. The molecule has 2 saturated heterocycles. The van der Waals surface area contributed by atoms with Crippen molar-refractivity contribution in [3.63, 3.8) is 0 Å². The van der Waals surface area contributed by atoms with Crippen molar-refractivity contribution in [3.8, 4) is 0 Å². The maximum absolute atomic E-state index is 11.2. The lowest BCUT2D eigenvalue weighted by atomic mass is 10.1. The summed E-state index contributed by atoms with van der Waals surface area (Å²) >= 11 is 0. The second-order valence-corrected chi connectivity index (χ2v) is 7.62. The molecule has 2 N–H and O–H groups in total. The number of hydrogen-bond donors (Lipinski definition) is 2. The van der Waals surface area contributed by atoms with Crippen LogP contribution in [0.1, 0.15) is 48.5 Å². The zero-order chi connectivity index (χ0) is 18.2. The zero-order valence-electron chi connectivity index (χ0n) is 14.8. The number of nitrogens with one attached hydrogen (secondary N) is 2. The van der Waals surface area contributed by atoms with E-state index < -0.39 is 0 Å². The monoisotopic (exact) mass is 326 g/mol. The van der Waals surface area contributed by atoms with Gasteiger partial charge in [-0.2, -0.15) is 0 Å². The van der Waals surface area contributed by atoms with Crippen molar-refractivity contribution in [1.29, 1.82) is 0 Å². The molecule has 0 radical (unpaired) electrons. The van der Waals surface area contributed by atoms with Gasteiger partial charge in [0.15, 0.2) is 0 Å². The molecule has 0 aromatic carbocycles. The number of rotatable bonds is 0. The number of urea groups is 2. The van der Waals surface area contributed by atoms with Gasteiger partial charge in [-0.05, 0) is 48.5 Å². The molecule has 23 heavy (non-hydrogen) atoms. The van der Waals surface area contributed by atoms with E-state index >= 15 is 0 Å². The van der Waals surface area contributed by atoms with Gasteiger partial charge < -0.3 is 9.80 Å². The van der Waals surface area contributed by atoms with Crippen LogP contribution in [-0.4, -0.2) is 57.3 Å². The van der Waals surface area contributed by atoms with Gasteiger partial charge in [-0.3, -0.25) is 20.2 Å². The van der Waals surface area contributed by atoms with Crippen molar-refractivity contribution >= 4 is 23.9 Å². The summed E-state index contributed by atoms with van der Waals surface area (Å²) in [5.74, 6) is -0.431. The standard InChI is InChI=1S/C8H14N2O2.C7H12N2O2/c1-5-6(11)9-7(12)10(5)8(2,3)4;1-7(2,3)9-4-5(10)8-6(9)11/h5H,1-4H3,(H,9,11,12);4H2,1-3H3,(H,8,10,11)/t5-;/m1./s1. The van der Waals surface area contributed by atoms with Crippen LogP contribution in [0.5, 0.6) is 0 Å². The first-order chi connectivity index (χ1) is 10.2. The van der Waals surface area contributed by atoms with Crippen molar-refractivity contribution < 1.29 is 19.2 Å². The highest BCUT2D eigenvalue weighted by Gasteiger charge is 2.41. The summed E-state index contributed by atoms with van der Waals surface area (Å²) in [4.78, 5) is 47.1. The van der Waals surface area contributed by atoms with Crippen LogP contribution in [0, 0.1) is 0 Å². The largest absolute Gasteiger partial charge is 0.325 e. The Labute approximate surface area is 136 Å². The van der Waals surface area contributed by atoms with Crippen LogP contribution in [0.15, 0.2) is 0 Å². The second-order valence-electron chi connectivity index (χ2n) is 7.62. The first-order valence-corrected chi connectivity index (χ1v) is 7.50. The summed E-state index contributed by atoms with van der Waals surface area (Å²) < 4.78 is 0. The van der Waals surface area contributed by atoms with Gasteiger partial charge in [0, 0.05) is 11.1 Å². The average molecular weight is 326 g/mol. The van der Waals surface area contributed by atoms with E-state index in [9.17, 15) is 19.2 Å². The van der Waals surface area contributed by atoms with Gasteiger partial charge in [0.05, 0.1) is 0 Å². The molecule has 2 rings (SSSR count). The van der Waals surface area contributed by atoms with Gasteiger partial charge in [0.1, 0.15) is 12.6 Å². The molecule has 0 bridgehead atoms. The number of amides is 6. The maximum Gasteiger partial charge on any atom is 0.325 e. The van der Waals surface area contributed by atoms with Gasteiger partial charge in [-0.25, -0.2) is 9.59 Å². The van der Waals surface area contributed by atoms with Gasteiger partial charge in [0.25, 0.3) is 5.91 Å². The van der Waals surface area contributed by atoms with Crippen LogP contribution < -0.4 is 10.6 Å². The molecule has 0 saturated carbocycles. The Hall–Kier alpha value is -2.12. The van der Waals surface area contributed by atoms with E-state index in [1.807, 2.05) is 41.5 Å². The summed E-state index contributed by atoms with van der Waals surface area (Å²) in [6, 6.07) is -0.931. The van der Waals surface area contributed by atoms with Crippen molar-refractivity contribution in [3.05, 3.63) is 0 Å². The third-order valence-corrected chi connectivity index (χ3v) is 3.54. The van der Waals surface area contributed by atoms with Crippen LogP contribution in [0.4, 0.5) is 9.59 Å². The molecule has 130 valence electrons. The van der Waals surface area contributed by atoms with Crippen molar-refractivity contribution in [2.24, 2.45) is 0 Å². The molecule has 0 spiro atoms. The maximum atomic E-state index is 11.2. The first-order valence-electron chi connectivity index (χ1n) is 7.50. The molecule has 0 aliphatic carbocycles. The highest BCUT2D eigenvalue weighted by molar-refractivity contribution is 6.04. The number of carbonyl (C=O) groups is 4. The predicted molar refractivity (Wildman–Crippen MR) is 84.6 cm³/mol. The number of carbonyl (C=O) groups excluding carboxylic acids is 4. The quantitative estimate of drug-likeness (QED) is 0.650. The van der Waals surface area contributed by atoms with Gasteiger partial charge in [0.2, 0.25) is 5.91 Å². The Morgan fingerprint density at radius 3 is 1.57 bits per heavy atom. The van der Waals surface area contributed by atoms with Crippen LogP contribution in [0.25, 0.3) is 0 Å². The van der Waals surface area contributed by atoms with E-state index in [0.717, 1.165) is 0 Å². The summed E-state index contributed by atoms with van der Waals surface area (Å²) in [7, 11) is 0. The minimum Gasteiger partial charge on any atom is -0.310 e. The van der Waals surface area contributed by atoms with E-state index in [1.54, 1.807) is 11.8 Å². The fraction of sp³-hybridized carbons (Fsp3) is 0.733. The lowest BCUT2D eigenvalue weighted by Crippen LogP contribution is -2.47. The Morgan fingerprint density at radius 2 is 1.39 bits per heavy atom. The molecule has 2 aliphatic heterocycles. The molecule has 8 nitrogen and oxygen atoms in total. The predicted octanol–water partition coefficient (Wildman–Crippen LogP) is 1.06. The highest BCUT2D eigenvalue weighted by atomic mass is 16.2. The van der Waals surface area contributed by atoms with Crippen LogP contribution >= 0.6 is 0 Å². The second kappa shape index (κ2) is 6.17. The van der Waals surface area contributed by atoms with Gasteiger partial charge in [-0.1, -0.05) is 0 Å². The molecule has 0 aromatic heterocycles. The lowest BCUT2D eigenvalue weighted by Gasteiger charge is -2.33. The van der Waals surface area contributed by atoms with Crippen molar-refractivity contribution in [2.75, 3.05) is 6.54 Å². The minimum atomic E-state index is -0.350. The van der Waals surface area contributed by atoms with E-state index in [2.05, 4.69) is 10.6 Å². The number of hydrogen-bond acceptors (Lipinski definition) is 4. The van der Waals surface area contributed by atoms with Crippen LogP contribution in [0.2, 0.25) is 0 Å². The smallest absolute Gasteiger partial charge is 0.310 e. The average Bonchev–Trinajstić information content (AvgIpc) is 2.78. The summed E-state index contributed by atoms with van der Waals surface area (Å²) in [6.07, 6.45) is 0. The summed E-state index contributed by atoms with van der Waals surface area (Å²) in [5.41, 5.74) is -0.564. The Morgan fingerprint density at radius 1 is 0.870 bits per heavy atom. The normalized spacial score (nSPS) is 22.0. The van der Waals surface area contributed by atoms with Crippen molar-refractivity contribution in [1.82, 2.24) is 20.4 Å². The highest BCUT2D eigenvalue weighted by Crippen LogP contribution is 2.20. The molecule has 0 unspecified atom stereocenters. The van der Waals surface area contributed by atoms with Crippen LogP contribution in [0.3, 0.4) is 0 Å². The Balaban J connectivity index is 0.000000231. The van der Waals surface area contributed by atoms with Crippen LogP contribution in [-0.2, 0) is 9.59 Å². The molecular weight excluding hydrogens is 300 g/mol. The Kier molecular flexibility index (Phi) is 5.08. The number of nitrogens with zero attached hydrogens (tertiary/aromatic N) is 2. The number of imide groups is 2. The molecule has 2 aliphatic rings. The molecule has 1 atom stereocenters.